The molecule has 1 saturated heterocycles. The fraction of sp³-hybridized carbons (Fsp3) is 0.600. The SMILES string of the molecule is CSCC[C@H](NC(=O)[C@H](Cc1ccccc1)NC(=O)CNC(=O)CNC(=O)[C@@H](N)Cc1ccc(O)cc1)C(=O)N[C@H](C(=O)N[C@@H](CO)C(=O)N[C@@H](CCC(=O)O)C(=O)N[C@@H](CCCCNC(=O)C(C)=O)C(=O)N[C@@H](CO)C(=O)N[C@@H](CCC(N)=O)C(=O)N[C@H](C(=O)N1CCC[C@H]1C(=O)N[C@@H](CC(C)C)C(=O)N[C@H](C(=O)N[C@H](C(=O)O)[C@@H](C)O)C(C)C)[C@@H](C)O)[C@@H](C)O. The van der Waals surface area contributed by atoms with Crippen molar-refractivity contribution < 1.29 is 137 Å². The third-order valence-corrected chi connectivity index (χ3v) is 20.4. The first-order valence-corrected chi connectivity index (χ1v) is 42.5. The number of Topliss-reactive ketones (excluding diaryl/α,β-unsaturated/α-hetero) is 1. The topological polar surface area (TPSA) is 739 Å². The Hall–Kier alpha value is -12.0. The summed E-state index contributed by atoms with van der Waals surface area (Å²) in [7, 11) is 0. The fourth-order valence-electron chi connectivity index (χ4n) is 12.7. The summed E-state index contributed by atoms with van der Waals surface area (Å²) >= 11 is 1.23. The Kier molecular flexibility index (Phi) is 47.6. The Bertz CT molecular complexity index is 4130. The number of carboxylic acids is 2. The highest BCUT2D eigenvalue weighted by Gasteiger charge is 2.44. The lowest BCUT2D eigenvalue weighted by molar-refractivity contribution is -0.145. The number of nitrogens with zero attached hydrogens (tertiary/aromatic N) is 1. The molecule has 0 unspecified atom stereocenters. The van der Waals surface area contributed by atoms with Gasteiger partial charge in [0.05, 0.1) is 50.7 Å². The summed E-state index contributed by atoms with van der Waals surface area (Å²) in [6, 6.07) is -9.68. The number of phenols is 1. The van der Waals surface area contributed by atoms with Crippen molar-refractivity contribution in [2.24, 2.45) is 23.3 Å². The number of ketones is 1. The molecule has 1 heterocycles. The van der Waals surface area contributed by atoms with Gasteiger partial charge < -0.3 is 137 Å². The number of unbranched alkanes of at least 4 members (excludes halogenated alkanes) is 1. The van der Waals surface area contributed by atoms with E-state index in [4.69, 9.17) is 11.5 Å². The number of phenolic OH excluding ortho intramolecular Hbond substituents is 1. The summed E-state index contributed by atoms with van der Waals surface area (Å²) in [6.45, 7) is 6.50. The van der Waals surface area contributed by atoms with Crippen LogP contribution >= 0.6 is 11.8 Å². The number of carbonyl (C=O) groups excluding carboxylic acids is 18. The molecule has 127 heavy (non-hydrogen) atoms. The molecule has 1 fully saturated rings. The smallest absolute Gasteiger partial charge is 0.328 e. The molecule has 0 saturated carbocycles. The zero-order valence-electron chi connectivity index (χ0n) is 72.1. The number of hydrogen-bond donors (Lipinski definition) is 25. The summed E-state index contributed by atoms with van der Waals surface area (Å²) < 4.78 is 0. The van der Waals surface area contributed by atoms with Gasteiger partial charge in [-0.2, -0.15) is 11.8 Å². The molecule has 0 bridgehead atoms. The van der Waals surface area contributed by atoms with Crippen LogP contribution in [0.4, 0.5) is 0 Å². The number of nitrogens with two attached hydrogens (primary N) is 2. The maximum Gasteiger partial charge on any atom is 0.328 e. The number of amides is 17. The molecule has 0 aliphatic carbocycles. The minimum Gasteiger partial charge on any atom is -0.508 e. The van der Waals surface area contributed by atoms with Crippen LogP contribution in [0, 0.1) is 11.8 Å². The number of aromatic hydroxyl groups is 1. The molecule has 2 aromatic rings. The van der Waals surface area contributed by atoms with E-state index >= 15 is 0 Å². The van der Waals surface area contributed by atoms with Gasteiger partial charge in [-0.3, -0.25) is 91.1 Å². The van der Waals surface area contributed by atoms with Crippen LogP contribution in [-0.4, -0.2) is 318 Å². The quantitative estimate of drug-likeness (QED) is 0.0216. The molecule has 706 valence electrons. The molecule has 1 aliphatic rings. The number of nitrogens with one attached hydrogen (secondary N) is 15. The first-order valence-electron chi connectivity index (χ1n) is 41.1. The average molecular weight is 1820 g/mol. The Morgan fingerprint density at radius 2 is 0.929 bits per heavy atom. The molecule has 47 heteroatoms. The highest BCUT2D eigenvalue weighted by Crippen LogP contribution is 2.22. The number of primary amides is 1. The average Bonchev–Trinajstić information content (AvgIpc) is 1.71. The van der Waals surface area contributed by atoms with E-state index in [1.807, 2.05) is 0 Å². The van der Waals surface area contributed by atoms with Crippen molar-refractivity contribution in [3.8, 4) is 5.75 Å². The van der Waals surface area contributed by atoms with E-state index in [0.717, 1.165) is 32.6 Å². The molecule has 0 spiro atoms. The standard InChI is InChI=1S/C80H122N18O28S/c1-39(2)32-53(73(118)94-62(40(3)4)77(122)97-65(43(7)103)80(125)126)91-76(121)57-19-15-30-98(57)79(124)64(42(6)102)96-70(115)50(24-26-58(82)106)88-74(119)55(37-99)92-68(113)49(18-13-14-29-83-66(111)44(8)104)87-69(114)51(25-27-61(109)110)89-75(120)56(38-100)93-78(123)63(41(5)101)95-71(116)52(28-31-127-9)90-72(117)54(34-45-16-11-10-12-17-45)86-60(108)36-84-59(107)35-85-67(112)48(81)33-46-20-22-47(105)23-21-46/h10-12,16-17,20-23,39-43,48-57,62-65,99-103,105H,13-15,18-19,24-38,81H2,1-9H3,(H2,82,106)(H,83,111)(H,84,107)(H,85,112)(H,86,108)(H,87,114)(H,88,119)(H,89,120)(H,90,117)(H,91,121)(H,92,113)(H,93,123)(H,94,118)(H,95,116)(H,96,115)(H,97,122)(H,109,110)(H,125,126)/t41-,42-,43-,48+,49+,50+,51+,52+,53+,54+,55+,56+,57+,62+,63+,64+,65+/m1/s1. The van der Waals surface area contributed by atoms with Crippen LogP contribution in [-0.2, 0) is 109 Å². The summed E-state index contributed by atoms with van der Waals surface area (Å²) in [5.74, 6) is -23.1. The van der Waals surface area contributed by atoms with Gasteiger partial charge in [-0.25, -0.2) is 4.79 Å². The predicted molar refractivity (Wildman–Crippen MR) is 451 cm³/mol. The molecule has 0 radical (unpaired) electrons. The second kappa shape index (κ2) is 55.4. The van der Waals surface area contributed by atoms with Gasteiger partial charge in [-0.15, -0.1) is 0 Å². The van der Waals surface area contributed by atoms with Gasteiger partial charge in [0.15, 0.2) is 6.04 Å². The fourth-order valence-corrected chi connectivity index (χ4v) is 13.1. The normalized spacial score (nSPS) is 16.1. The molecule has 0 aromatic heterocycles. The van der Waals surface area contributed by atoms with Crippen LogP contribution < -0.4 is 91.2 Å². The Balaban J connectivity index is 1.88. The molecular weight excluding hydrogens is 1690 g/mol. The Morgan fingerprint density at radius 3 is 1.43 bits per heavy atom. The second-order valence-corrected chi connectivity index (χ2v) is 32.2. The number of benzene rings is 2. The molecule has 17 atom stereocenters. The molecule has 17 amide bonds. The minimum absolute atomic E-state index is 0.00207. The highest BCUT2D eigenvalue weighted by molar-refractivity contribution is 7.98. The molecule has 46 nitrogen and oxygen atoms in total. The van der Waals surface area contributed by atoms with Crippen molar-refractivity contribution in [1.82, 2.24) is 84.7 Å². The van der Waals surface area contributed by atoms with Gasteiger partial charge in [-0.1, -0.05) is 70.2 Å². The van der Waals surface area contributed by atoms with E-state index in [2.05, 4.69) is 79.8 Å². The molecule has 27 N–H and O–H groups in total. The van der Waals surface area contributed by atoms with Crippen molar-refractivity contribution in [1.29, 1.82) is 0 Å². The van der Waals surface area contributed by atoms with Crippen molar-refractivity contribution in [3.63, 3.8) is 0 Å². The highest BCUT2D eigenvalue weighted by atomic mass is 32.2. The Morgan fingerprint density at radius 1 is 0.472 bits per heavy atom. The lowest BCUT2D eigenvalue weighted by Crippen LogP contribution is -2.63. The second-order valence-electron chi connectivity index (χ2n) is 31.2. The number of aliphatic hydroxyl groups excluding tert-OH is 5. The van der Waals surface area contributed by atoms with E-state index in [-0.39, 0.29) is 81.9 Å². The maximum atomic E-state index is 14.5. The summed E-state index contributed by atoms with van der Waals surface area (Å²) in [5, 5.41) is 117. The van der Waals surface area contributed by atoms with Crippen LogP contribution in [0.2, 0.25) is 0 Å². The Labute approximate surface area is 736 Å². The van der Waals surface area contributed by atoms with E-state index < -0.39 is 285 Å². The number of hydrogen-bond acceptors (Lipinski definition) is 28. The van der Waals surface area contributed by atoms with Crippen molar-refractivity contribution >= 4 is 130 Å². The lowest BCUT2D eigenvalue weighted by Gasteiger charge is -2.32. The summed E-state index contributed by atoms with van der Waals surface area (Å²) in [5.41, 5.74) is 12.6. The van der Waals surface area contributed by atoms with Gasteiger partial charge in [0.2, 0.25) is 100 Å². The number of carbonyl (C=O) groups is 20. The van der Waals surface area contributed by atoms with E-state index in [0.29, 0.717) is 11.1 Å². The van der Waals surface area contributed by atoms with Crippen molar-refractivity contribution in [2.45, 2.75) is 242 Å². The van der Waals surface area contributed by atoms with Gasteiger partial charge in [0, 0.05) is 39.3 Å². The van der Waals surface area contributed by atoms with Gasteiger partial charge >= 0.3 is 11.9 Å². The van der Waals surface area contributed by atoms with Gasteiger partial charge in [0.25, 0.3) is 5.91 Å². The van der Waals surface area contributed by atoms with Crippen LogP contribution in [0.1, 0.15) is 137 Å². The lowest BCUT2D eigenvalue weighted by atomic mass is 9.99. The zero-order chi connectivity index (χ0) is 95.6. The number of aliphatic hydroxyl groups is 5. The van der Waals surface area contributed by atoms with E-state index in [1.54, 1.807) is 76.4 Å². The van der Waals surface area contributed by atoms with E-state index in [9.17, 15) is 137 Å². The summed E-state index contributed by atoms with van der Waals surface area (Å²) in [4.78, 5) is 270. The van der Waals surface area contributed by atoms with Crippen LogP contribution in [0.25, 0.3) is 0 Å². The first kappa shape index (κ1) is 109. The van der Waals surface area contributed by atoms with Crippen molar-refractivity contribution in [2.75, 3.05) is 51.4 Å². The third kappa shape index (κ3) is 38.8. The third-order valence-electron chi connectivity index (χ3n) is 19.7. The van der Waals surface area contributed by atoms with E-state index in [1.165, 1.54) is 23.9 Å². The minimum atomic E-state index is -2.10. The predicted octanol–water partition coefficient (Wildman–Crippen LogP) is -8.78. The molecule has 2 aromatic carbocycles. The molecule has 3 rings (SSSR count). The number of rotatable bonds is 57. The monoisotopic (exact) mass is 1810 g/mol. The summed E-state index contributed by atoms with van der Waals surface area (Å²) in [6.07, 6.45) is -7.24. The maximum absolute atomic E-state index is 14.5. The largest absolute Gasteiger partial charge is 0.508 e. The van der Waals surface area contributed by atoms with Gasteiger partial charge in [-0.05, 0) is 132 Å². The number of aliphatic carboxylic acids is 2. The van der Waals surface area contributed by atoms with Gasteiger partial charge in [0.1, 0.15) is 78.3 Å². The number of carboxylic acid groups (broad SMARTS) is 2. The molecule has 1 aliphatic heterocycles. The molecular formula is C80H122N18O28S. The van der Waals surface area contributed by atoms with Crippen LogP contribution in [0.3, 0.4) is 0 Å². The zero-order valence-corrected chi connectivity index (χ0v) is 72.9. The number of likely N-dealkylation sites (tertiary alicyclic amines) is 1. The van der Waals surface area contributed by atoms with Crippen LogP contribution in [0.15, 0.2) is 54.6 Å². The van der Waals surface area contributed by atoms with Crippen molar-refractivity contribution in [3.05, 3.63) is 65.7 Å². The first-order chi connectivity index (χ1) is 59.7. The van der Waals surface area contributed by atoms with Crippen LogP contribution in [0.5, 0.6) is 5.75 Å². The number of thioether (sulfide) groups is 1.